The van der Waals surface area contributed by atoms with Gasteiger partial charge in [0, 0.05) is 17.8 Å². The summed E-state index contributed by atoms with van der Waals surface area (Å²) in [4.78, 5) is 15.2. The minimum atomic E-state index is -3.26. The van der Waals surface area contributed by atoms with Crippen molar-refractivity contribution in [2.24, 2.45) is 5.92 Å². The summed E-state index contributed by atoms with van der Waals surface area (Å²) in [5.41, 5.74) is 1.67. The molecule has 1 amide bonds. The molecule has 1 aliphatic rings. The maximum Gasteiger partial charge on any atom is 0.233 e. The van der Waals surface area contributed by atoms with Gasteiger partial charge in [0.05, 0.1) is 37.5 Å². The van der Waals surface area contributed by atoms with Gasteiger partial charge in [0.15, 0.2) is 0 Å². The molecule has 3 atom stereocenters. The number of hydrogen-bond donors (Lipinski definition) is 6. The van der Waals surface area contributed by atoms with Gasteiger partial charge in [-0.1, -0.05) is 36.4 Å². The number of nitrogens with one attached hydrogen (secondary N) is 1. The van der Waals surface area contributed by atoms with E-state index in [-0.39, 0.29) is 30.9 Å². The maximum atomic E-state index is 13.6. The summed E-state index contributed by atoms with van der Waals surface area (Å²) >= 11 is 0. The lowest BCUT2D eigenvalue weighted by atomic mass is 9.77. The number of carbonyl (C=O) groups excluding carboxylic acids is 1. The molecule has 0 spiro atoms. The van der Waals surface area contributed by atoms with Crippen molar-refractivity contribution in [2.75, 3.05) is 30.9 Å². The number of sulfonamides is 1. The molecule has 10 nitrogen and oxygen atoms in total. The van der Waals surface area contributed by atoms with E-state index in [4.69, 9.17) is 0 Å². The molecule has 4 rings (SSSR count). The van der Waals surface area contributed by atoms with Crippen molar-refractivity contribution >= 4 is 21.6 Å². The number of phenols is 1. The summed E-state index contributed by atoms with van der Waals surface area (Å²) < 4.78 is 38.4. The average molecular weight is 645 g/mol. The van der Waals surface area contributed by atoms with Gasteiger partial charge >= 0.3 is 0 Å². The SMILES string of the molecule is CS(=O)(=O)NCCCc1ccc(N2C(=O)[C@H](CC[C@H](O)c3ccc(F)cc3)[C@H]2c2ccc(CCC(O)(CO)CO)cc2O)cc1. The van der Waals surface area contributed by atoms with Crippen molar-refractivity contribution in [1.29, 1.82) is 0 Å². The molecule has 0 aliphatic carbocycles. The van der Waals surface area contributed by atoms with Crippen LogP contribution in [-0.2, 0) is 27.7 Å². The number of carbonyl (C=O) groups is 1. The van der Waals surface area contributed by atoms with Crippen LogP contribution in [0.25, 0.3) is 0 Å². The first-order valence-corrected chi connectivity index (χ1v) is 16.8. The largest absolute Gasteiger partial charge is 0.508 e. The molecule has 0 unspecified atom stereocenters. The van der Waals surface area contributed by atoms with E-state index in [1.54, 1.807) is 23.1 Å². The van der Waals surface area contributed by atoms with Crippen molar-refractivity contribution in [2.45, 2.75) is 56.3 Å². The predicted molar refractivity (Wildman–Crippen MR) is 167 cm³/mol. The Bertz CT molecular complexity index is 1550. The summed E-state index contributed by atoms with van der Waals surface area (Å²) in [6, 6.07) is 17.4. The Balaban J connectivity index is 1.53. The highest BCUT2D eigenvalue weighted by molar-refractivity contribution is 7.88. The van der Waals surface area contributed by atoms with Crippen LogP contribution in [0, 0.1) is 11.7 Å². The van der Waals surface area contributed by atoms with Gasteiger partial charge in [0.1, 0.15) is 17.2 Å². The molecule has 0 bridgehead atoms. The fourth-order valence-electron chi connectivity index (χ4n) is 5.62. The Morgan fingerprint density at radius 2 is 1.62 bits per heavy atom. The monoisotopic (exact) mass is 644 g/mol. The fraction of sp³-hybridized carbons (Fsp3) is 0.424. The highest BCUT2D eigenvalue weighted by Crippen LogP contribution is 2.48. The zero-order valence-corrected chi connectivity index (χ0v) is 26.0. The van der Waals surface area contributed by atoms with E-state index in [0.717, 1.165) is 11.8 Å². The highest BCUT2D eigenvalue weighted by Gasteiger charge is 2.49. The van der Waals surface area contributed by atoms with Gasteiger partial charge in [-0.25, -0.2) is 17.5 Å². The molecular formula is C33H41FN2O8S. The number of rotatable bonds is 16. The molecule has 1 aliphatic heterocycles. The molecule has 1 heterocycles. The Morgan fingerprint density at radius 1 is 0.978 bits per heavy atom. The minimum Gasteiger partial charge on any atom is -0.508 e. The number of aryl methyl sites for hydroxylation is 2. The third kappa shape index (κ3) is 8.87. The molecule has 3 aromatic rings. The second-order valence-electron chi connectivity index (χ2n) is 11.8. The number of anilines is 1. The quantitative estimate of drug-likeness (QED) is 0.102. The molecule has 0 saturated carbocycles. The van der Waals surface area contributed by atoms with Crippen molar-refractivity contribution < 1.29 is 43.1 Å². The number of benzene rings is 3. The van der Waals surface area contributed by atoms with Gasteiger partial charge in [0.2, 0.25) is 15.9 Å². The number of aliphatic hydroxyl groups is 4. The lowest BCUT2D eigenvalue weighted by Gasteiger charge is -2.48. The van der Waals surface area contributed by atoms with Crippen LogP contribution in [0.15, 0.2) is 66.7 Å². The molecule has 3 aromatic carbocycles. The van der Waals surface area contributed by atoms with E-state index < -0.39 is 52.7 Å². The zero-order valence-electron chi connectivity index (χ0n) is 25.1. The van der Waals surface area contributed by atoms with Gasteiger partial charge in [-0.2, -0.15) is 0 Å². The number of amides is 1. The highest BCUT2D eigenvalue weighted by atomic mass is 32.2. The normalized spacial score (nSPS) is 17.7. The fourth-order valence-corrected chi connectivity index (χ4v) is 6.13. The number of halogens is 1. The number of aliphatic hydroxyl groups excluding tert-OH is 3. The van der Waals surface area contributed by atoms with Crippen LogP contribution >= 0.6 is 0 Å². The summed E-state index contributed by atoms with van der Waals surface area (Å²) in [5.74, 6) is -1.18. The van der Waals surface area contributed by atoms with Crippen molar-refractivity contribution in [3.63, 3.8) is 0 Å². The first kappa shape index (κ1) is 34.5. The lowest BCUT2D eigenvalue weighted by Crippen LogP contribution is -2.55. The van der Waals surface area contributed by atoms with Gasteiger partial charge in [-0.05, 0) is 85.5 Å². The Hall–Kier alpha value is -3.39. The molecule has 0 radical (unpaired) electrons. The number of aromatic hydroxyl groups is 1. The summed E-state index contributed by atoms with van der Waals surface area (Å²) in [6.45, 7) is -0.893. The molecule has 1 fully saturated rings. The van der Waals surface area contributed by atoms with Crippen LogP contribution in [0.5, 0.6) is 5.75 Å². The third-order valence-electron chi connectivity index (χ3n) is 8.32. The summed E-state index contributed by atoms with van der Waals surface area (Å²) in [5, 5.41) is 50.8. The van der Waals surface area contributed by atoms with Gasteiger partial charge in [-0.15, -0.1) is 0 Å². The summed E-state index contributed by atoms with van der Waals surface area (Å²) in [7, 11) is -3.26. The maximum absolute atomic E-state index is 13.6. The molecule has 12 heteroatoms. The van der Waals surface area contributed by atoms with E-state index in [1.807, 2.05) is 24.3 Å². The van der Waals surface area contributed by atoms with Crippen LogP contribution in [0.4, 0.5) is 10.1 Å². The van der Waals surface area contributed by atoms with Crippen molar-refractivity contribution in [3.8, 4) is 5.75 Å². The molecular weight excluding hydrogens is 603 g/mol. The Labute approximate surface area is 262 Å². The van der Waals surface area contributed by atoms with E-state index >= 15 is 0 Å². The van der Waals surface area contributed by atoms with Crippen molar-refractivity contribution in [3.05, 3.63) is 94.8 Å². The average Bonchev–Trinajstić information content (AvgIpc) is 3.01. The second kappa shape index (κ2) is 14.8. The first-order chi connectivity index (χ1) is 21.3. The number of nitrogens with zero attached hydrogens (tertiary/aromatic N) is 1. The van der Waals surface area contributed by atoms with Gasteiger partial charge < -0.3 is 30.4 Å². The topological polar surface area (TPSA) is 168 Å². The van der Waals surface area contributed by atoms with Gasteiger partial charge in [-0.3, -0.25) is 4.79 Å². The van der Waals surface area contributed by atoms with Crippen LogP contribution in [0.3, 0.4) is 0 Å². The third-order valence-corrected chi connectivity index (χ3v) is 9.05. The van der Waals surface area contributed by atoms with Crippen molar-refractivity contribution in [1.82, 2.24) is 4.72 Å². The number of hydrogen-bond acceptors (Lipinski definition) is 8. The molecule has 244 valence electrons. The summed E-state index contributed by atoms with van der Waals surface area (Å²) in [6.07, 6.45) is 2.35. The molecule has 45 heavy (non-hydrogen) atoms. The Kier molecular flexibility index (Phi) is 11.3. The number of phenolic OH excluding ortho intramolecular Hbond substituents is 1. The smallest absolute Gasteiger partial charge is 0.233 e. The van der Waals surface area contributed by atoms with Crippen LogP contribution in [-0.4, -0.2) is 71.5 Å². The molecule has 6 N–H and O–H groups in total. The molecule has 1 saturated heterocycles. The van der Waals surface area contributed by atoms with Crippen LogP contribution in [0.2, 0.25) is 0 Å². The standard InChI is InChI=1S/C33H41FN2O8S/c1-45(43,44)35-18-2-3-22-4-11-26(12-5-22)36-31(27-13-6-23(19-30(27)40)16-17-33(42,20-37)21-38)28(32(36)41)14-15-29(39)24-7-9-25(34)10-8-24/h4-13,19,28-29,31,35,37-40,42H,2-3,14-18,20-21H2,1H3/t28-,29+,31-/m1/s1. The van der Waals surface area contributed by atoms with E-state index in [0.29, 0.717) is 48.2 Å². The van der Waals surface area contributed by atoms with E-state index in [1.165, 1.54) is 24.3 Å². The van der Waals surface area contributed by atoms with E-state index in [2.05, 4.69) is 4.72 Å². The Morgan fingerprint density at radius 3 is 2.22 bits per heavy atom. The predicted octanol–water partition coefficient (Wildman–Crippen LogP) is 2.88. The number of β-lactam (4-membered cyclic amide) rings is 1. The molecule has 0 aromatic heterocycles. The minimum absolute atomic E-state index is 0.0504. The van der Waals surface area contributed by atoms with Crippen LogP contribution < -0.4 is 9.62 Å². The first-order valence-electron chi connectivity index (χ1n) is 14.9. The lowest BCUT2D eigenvalue weighted by molar-refractivity contribution is -0.131. The zero-order chi connectivity index (χ0) is 32.8. The van der Waals surface area contributed by atoms with Crippen LogP contribution in [0.1, 0.15) is 60.1 Å². The second-order valence-corrected chi connectivity index (χ2v) is 13.6. The van der Waals surface area contributed by atoms with Gasteiger partial charge in [0.25, 0.3) is 0 Å². The van der Waals surface area contributed by atoms with E-state index in [9.17, 15) is 43.1 Å².